The predicted molar refractivity (Wildman–Crippen MR) is 75.0 cm³/mol. The maximum atomic E-state index is 11.8. The summed E-state index contributed by atoms with van der Waals surface area (Å²) >= 11 is 0. The molecule has 2 amide bonds. The van der Waals surface area contributed by atoms with Crippen LogP contribution < -0.4 is 10.6 Å². The van der Waals surface area contributed by atoms with Crippen molar-refractivity contribution in [2.24, 2.45) is 11.3 Å². The van der Waals surface area contributed by atoms with Crippen LogP contribution in [0.3, 0.4) is 0 Å². The Bertz CT molecular complexity index is 292. The monoisotopic (exact) mass is 272 g/mol. The number of methoxy groups -OCH3 is 1. The Kier molecular flexibility index (Phi) is 6.07. The third-order valence-corrected chi connectivity index (χ3v) is 4.67. The molecule has 0 spiro atoms. The second-order valence-corrected chi connectivity index (χ2v) is 5.41. The van der Waals surface area contributed by atoms with E-state index in [-0.39, 0.29) is 30.2 Å². The zero-order valence-electron chi connectivity index (χ0n) is 12.5. The highest BCUT2D eigenvalue weighted by Crippen LogP contribution is 2.52. The van der Waals surface area contributed by atoms with Crippen molar-refractivity contribution in [1.29, 1.82) is 0 Å². The molecule has 1 aliphatic carbocycles. The molecular formula is C14H28N2O3. The van der Waals surface area contributed by atoms with E-state index in [1.165, 1.54) is 0 Å². The third-order valence-electron chi connectivity index (χ3n) is 4.67. The summed E-state index contributed by atoms with van der Waals surface area (Å²) in [5, 5.41) is 14.5. The number of aliphatic hydroxyl groups excluding tert-OH is 1. The van der Waals surface area contributed by atoms with Crippen molar-refractivity contribution in [3.05, 3.63) is 0 Å². The minimum absolute atomic E-state index is 0.0441. The van der Waals surface area contributed by atoms with Gasteiger partial charge in [-0.2, -0.15) is 0 Å². The number of rotatable bonds is 7. The van der Waals surface area contributed by atoms with E-state index in [1.807, 2.05) is 0 Å². The van der Waals surface area contributed by atoms with E-state index in [9.17, 15) is 4.79 Å². The second-order valence-electron chi connectivity index (χ2n) is 5.41. The number of ether oxygens (including phenoxy) is 1. The molecule has 1 fully saturated rings. The summed E-state index contributed by atoms with van der Waals surface area (Å²) < 4.78 is 5.60. The fourth-order valence-corrected chi connectivity index (χ4v) is 3.57. The Balaban J connectivity index is 2.58. The van der Waals surface area contributed by atoms with Crippen molar-refractivity contribution < 1.29 is 14.6 Å². The van der Waals surface area contributed by atoms with Gasteiger partial charge < -0.3 is 20.5 Å². The van der Waals surface area contributed by atoms with Gasteiger partial charge in [-0.25, -0.2) is 4.79 Å². The lowest BCUT2D eigenvalue weighted by Crippen LogP contribution is -2.70. The molecule has 3 unspecified atom stereocenters. The van der Waals surface area contributed by atoms with Crippen molar-refractivity contribution in [2.45, 2.75) is 52.2 Å². The lowest BCUT2D eigenvalue weighted by Gasteiger charge is -2.59. The molecule has 3 N–H and O–H groups in total. The Morgan fingerprint density at radius 1 is 1.37 bits per heavy atom. The van der Waals surface area contributed by atoms with E-state index in [0.717, 1.165) is 12.8 Å². The fraction of sp³-hybridized carbons (Fsp3) is 0.929. The highest BCUT2D eigenvalue weighted by molar-refractivity contribution is 5.74. The van der Waals surface area contributed by atoms with Crippen LogP contribution in [0.25, 0.3) is 0 Å². The molecule has 0 radical (unpaired) electrons. The van der Waals surface area contributed by atoms with Gasteiger partial charge in [-0.05, 0) is 19.3 Å². The molecule has 112 valence electrons. The number of amides is 2. The summed E-state index contributed by atoms with van der Waals surface area (Å²) in [6.45, 7) is 7.03. The first-order valence-electron chi connectivity index (χ1n) is 7.25. The van der Waals surface area contributed by atoms with Gasteiger partial charge in [0.25, 0.3) is 0 Å². The largest absolute Gasteiger partial charge is 0.396 e. The van der Waals surface area contributed by atoms with Crippen LogP contribution in [-0.2, 0) is 4.74 Å². The van der Waals surface area contributed by atoms with Crippen LogP contribution in [0.1, 0.15) is 40.0 Å². The van der Waals surface area contributed by atoms with Crippen LogP contribution in [0.2, 0.25) is 0 Å². The maximum absolute atomic E-state index is 11.8. The van der Waals surface area contributed by atoms with Gasteiger partial charge in [0.2, 0.25) is 0 Å². The predicted octanol–water partition coefficient (Wildman–Crippen LogP) is 1.51. The molecule has 0 saturated heterocycles. The van der Waals surface area contributed by atoms with E-state index < -0.39 is 0 Å². The molecular weight excluding hydrogens is 244 g/mol. The van der Waals surface area contributed by atoms with Crippen molar-refractivity contribution in [3.8, 4) is 0 Å². The Morgan fingerprint density at radius 2 is 2.00 bits per heavy atom. The van der Waals surface area contributed by atoms with Gasteiger partial charge in [0, 0.05) is 37.6 Å². The van der Waals surface area contributed by atoms with Gasteiger partial charge in [-0.1, -0.05) is 20.8 Å². The number of hydrogen-bond donors (Lipinski definition) is 3. The molecule has 0 aliphatic heterocycles. The van der Waals surface area contributed by atoms with Crippen LogP contribution in [0.5, 0.6) is 0 Å². The minimum atomic E-state index is -0.147. The third kappa shape index (κ3) is 3.03. The molecule has 19 heavy (non-hydrogen) atoms. The topological polar surface area (TPSA) is 70.6 Å². The molecule has 0 bridgehead atoms. The number of carbonyl (C=O) groups excluding carboxylic acids is 1. The van der Waals surface area contributed by atoms with Gasteiger partial charge in [-0.15, -0.1) is 0 Å². The highest BCUT2D eigenvalue weighted by atomic mass is 16.5. The summed E-state index contributed by atoms with van der Waals surface area (Å²) in [6.07, 6.45) is 2.79. The Hall–Kier alpha value is -0.810. The van der Waals surface area contributed by atoms with Gasteiger partial charge in [0.05, 0.1) is 6.10 Å². The van der Waals surface area contributed by atoms with E-state index >= 15 is 0 Å². The smallest absolute Gasteiger partial charge is 0.315 e. The van der Waals surface area contributed by atoms with Crippen molar-refractivity contribution in [2.75, 3.05) is 20.3 Å². The van der Waals surface area contributed by atoms with Gasteiger partial charge >= 0.3 is 6.03 Å². The number of urea groups is 1. The summed E-state index contributed by atoms with van der Waals surface area (Å²) in [7, 11) is 1.75. The first-order chi connectivity index (χ1) is 9.07. The zero-order chi connectivity index (χ0) is 14.5. The average molecular weight is 272 g/mol. The molecule has 1 saturated carbocycles. The van der Waals surface area contributed by atoms with Crippen LogP contribution in [0.4, 0.5) is 4.79 Å². The van der Waals surface area contributed by atoms with Gasteiger partial charge in [0.15, 0.2) is 0 Å². The van der Waals surface area contributed by atoms with Crippen LogP contribution >= 0.6 is 0 Å². The standard InChI is InChI=1S/C14H28N2O3/c1-5-14(6-2)11(10(3)12(14)19-4)16-13(18)15-8-7-9-17/h10-12,17H,5-9H2,1-4H3,(H2,15,16,18). The molecule has 0 heterocycles. The van der Waals surface area contributed by atoms with Gasteiger partial charge in [0.1, 0.15) is 0 Å². The first-order valence-corrected chi connectivity index (χ1v) is 7.25. The van der Waals surface area contributed by atoms with Crippen molar-refractivity contribution in [3.63, 3.8) is 0 Å². The number of nitrogens with one attached hydrogen (secondary N) is 2. The Morgan fingerprint density at radius 3 is 2.47 bits per heavy atom. The van der Waals surface area contributed by atoms with Crippen molar-refractivity contribution >= 4 is 6.03 Å². The fourth-order valence-electron chi connectivity index (χ4n) is 3.57. The quantitative estimate of drug-likeness (QED) is 0.615. The minimum Gasteiger partial charge on any atom is -0.396 e. The molecule has 0 aromatic carbocycles. The summed E-state index contributed by atoms with van der Waals surface area (Å²) in [4.78, 5) is 11.8. The van der Waals surface area contributed by atoms with Gasteiger partial charge in [-0.3, -0.25) is 0 Å². The van der Waals surface area contributed by atoms with Crippen LogP contribution in [-0.4, -0.2) is 43.5 Å². The number of hydrogen-bond acceptors (Lipinski definition) is 3. The lowest BCUT2D eigenvalue weighted by atomic mass is 9.53. The number of aliphatic hydroxyl groups is 1. The number of carbonyl (C=O) groups is 1. The average Bonchev–Trinajstić information content (AvgIpc) is 2.42. The summed E-state index contributed by atoms with van der Waals surface area (Å²) in [5.74, 6) is 0.327. The van der Waals surface area contributed by atoms with Crippen LogP contribution in [0.15, 0.2) is 0 Å². The molecule has 3 atom stereocenters. The molecule has 5 nitrogen and oxygen atoms in total. The molecule has 1 aliphatic rings. The van der Waals surface area contributed by atoms with Crippen LogP contribution in [0, 0.1) is 11.3 Å². The van der Waals surface area contributed by atoms with E-state index in [2.05, 4.69) is 31.4 Å². The lowest BCUT2D eigenvalue weighted by molar-refractivity contribution is -0.164. The zero-order valence-corrected chi connectivity index (χ0v) is 12.5. The molecule has 0 aromatic heterocycles. The summed E-state index contributed by atoms with van der Waals surface area (Å²) in [5.41, 5.74) is 0.0441. The SMILES string of the molecule is CCC1(CC)C(NC(=O)NCCCO)C(C)C1OC. The first kappa shape index (κ1) is 16.2. The summed E-state index contributed by atoms with van der Waals surface area (Å²) in [6, 6.07) is 0.00713. The maximum Gasteiger partial charge on any atom is 0.315 e. The molecule has 5 heteroatoms. The molecule has 0 aromatic rings. The highest BCUT2D eigenvalue weighted by Gasteiger charge is 2.58. The van der Waals surface area contributed by atoms with E-state index in [1.54, 1.807) is 7.11 Å². The van der Waals surface area contributed by atoms with Crippen molar-refractivity contribution in [1.82, 2.24) is 10.6 Å². The normalized spacial score (nSPS) is 28.6. The van der Waals surface area contributed by atoms with E-state index in [0.29, 0.717) is 18.9 Å². The van der Waals surface area contributed by atoms with E-state index in [4.69, 9.17) is 9.84 Å². The Labute approximate surface area is 116 Å². The molecule has 1 rings (SSSR count). The second kappa shape index (κ2) is 7.10.